The number of ether oxygens (including phenoxy) is 2. The molecule has 2 atom stereocenters. The highest BCUT2D eigenvalue weighted by Crippen LogP contribution is 2.38. The van der Waals surface area contributed by atoms with Crippen molar-refractivity contribution in [2.24, 2.45) is 5.92 Å². The average Bonchev–Trinajstić information content (AvgIpc) is 3.01. The summed E-state index contributed by atoms with van der Waals surface area (Å²) in [4.78, 5) is 2.30. The number of hydrogen-bond acceptors (Lipinski definition) is 6. The van der Waals surface area contributed by atoms with Crippen LogP contribution in [0.15, 0.2) is 12.1 Å². The van der Waals surface area contributed by atoms with E-state index in [1.54, 1.807) is 0 Å². The summed E-state index contributed by atoms with van der Waals surface area (Å²) in [6, 6.07) is 4.03. The van der Waals surface area contributed by atoms with E-state index in [0.29, 0.717) is 32.5 Å². The van der Waals surface area contributed by atoms with Gasteiger partial charge >= 0.3 is 0 Å². The van der Waals surface area contributed by atoms with Crippen LogP contribution in [0.4, 0.5) is 0 Å². The van der Waals surface area contributed by atoms with Gasteiger partial charge in [0.05, 0.1) is 11.9 Å². The van der Waals surface area contributed by atoms with Gasteiger partial charge < -0.3 is 14.6 Å². The summed E-state index contributed by atoms with van der Waals surface area (Å²) in [6.07, 6.45) is 2.44. The third-order valence-electron chi connectivity index (χ3n) is 6.01. The van der Waals surface area contributed by atoms with Crippen LogP contribution in [-0.2, 0) is 16.6 Å². The molecule has 2 saturated heterocycles. The second kappa shape index (κ2) is 6.37. The van der Waals surface area contributed by atoms with E-state index in [4.69, 9.17) is 9.47 Å². The molecule has 3 heterocycles. The predicted molar refractivity (Wildman–Crippen MR) is 96.7 cm³/mol. The van der Waals surface area contributed by atoms with Crippen molar-refractivity contribution in [3.63, 3.8) is 0 Å². The van der Waals surface area contributed by atoms with Crippen LogP contribution in [0.3, 0.4) is 0 Å². The fraction of sp³-hybridized carbons (Fsp3) is 0.667. The fourth-order valence-electron chi connectivity index (χ4n) is 4.28. The highest BCUT2D eigenvalue weighted by Gasteiger charge is 2.46. The molecule has 26 heavy (non-hydrogen) atoms. The number of piperidine rings is 2. The van der Waals surface area contributed by atoms with Crippen molar-refractivity contribution in [2.45, 2.75) is 31.9 Å². The molecule has 2 fully saturated rings. The van der Waals surface area contributed by atoms with Crippen LogP contribution >= 0.6 is 0 Å². The van der Waals surface area contributed by atoms with Gasteiger partial charge in [-0.05, 0) is 43.0 Å². The van der Waals surface area contributed by atoms with Crippen molar-refractivity contribution < 1.29 is 23.0 Å². The summed E-state index contributed by atoms with van der Waals surface area (Å²) < 4.78 is 36.2. The SMILES string of the molecule is Cc1cc2c(cc1CN1CC[C@@]3(O)CCN(S(C)(=O)=O)C[C@H]3C1)OCO2. The molecule has 0 aromatic heterocycles. The minimum atomic E-state index is -3.22. The van der Waals surface area contributed by atoms with Crippen LogP contribution in [0.25, 0.3) is 0 Å². The predicted octanol–water partition coefficient (Wildman–Crippen LogP) is 0.942. The number of rotatable bonds is 3. The van der Waals surface area contributed by atoms with Crippen LogP contribution in [0.5, 0.6) is 11.5 Å². The minimum absolute atomic E-state index is 0.0611. The van der Waals surface area contributed by atoms with Crippen LogP contribution in [0.2, 0.25) is 0 Å². The molecule has 3 aliphatic heterocycles. The Morgan fingerprint density at radius 2 is 1.88 bits per heavy atom. The lowest BCUT2D eigenvalue weighted by Gasteiger charge is -2.49. The molecule has 0 unspecified atom stereocenters. The molecule has 144 valence electrons. The maximum Gasteiger partial charge on any atom is 0.231 e. The Bertz CT molecular complexity index is 812. The number of benzene rings is 1. The lowest BCUT2D eigenvalue weighted by Crippen LogP contribution is -2.60. The number of sulfonamides is 1. The van der Waals surface area contributed by atoms with E-state index in [1.165, 1.54) is 16.1 Å². The van der Waals surface area contributed by atoms with E-state index in [0.717, 1.165) is 30.2 Å². The van der Waals surface area contributed by atoms with Crippen LogP contribution in [0.1, 0.15) is 24.0 Å². The summed E-state index contributed by atoms with van der Waals surface area (Å²) in [6.45, 7) is 5.38. The zero-order valence-corrected chi connectivity index (χ0v) is 16.1. The Kier molecular flexibility index (Phi) is 4.42. The van der Waals surface area contributed by atoms with Crippen molar-refractivity contribution in [3.05, 3.63) is 23.3 Å². The zero-order valence-electron chi connectivity index (χ0n) is 15.3. The molecule has 3 aliphatic rings. The topological polar surface area (TPSA) is 79.3 Å². The van der Waals surface area contributed by atoms with E-state index in [9.17, 15) is 13.5 Å². The summed E-state index contributed by atoms with van der Waals surface area (Å²) in [5.74, 6) is 1.50. The highest BCUT2D eigenvalue weighted by atomic mass is 32.2. The van der Waals surface area contributed by atoms with Gasteiger partial charge in [0.25, 0.3) is 0 Å². The first-order chi connectivity index (χ1) is 12.2. The number of fused-ring (bicyclic) bond motifs is 2. The molecule has 0 spiro atoms. The first kappa shape index (κ1) is 18.0. The number of hydrogen-bond donors (Lipinski definition) is 1. The van der Waals surface area contributed by atoms with E-state index in [2.05, 4.69) is 11.8 Å². The molecule has 7 nitrogen and oxygen atoms in total. The van der Waals surface area contributed by atoms with Crippen molar-refractivity contribution in [2.75, 3.05) is 39.2 Å². The first-order valence-electron chi connectivity index (χ1n) is 9.04. The molecule has 8 heteroatoms. The maximum absolute atomic E-state index is 11.9. The molecule has 1 N–H and O–H groups in total. The summed E-state index contributed by atoms with van der Waals surface area (Å²) in [7, 11) is -3.22. The van der Waals surface area contributed by atoms with Gasteiger partial charge in [-0.25, -0.2) is 12.7 Å². The molecular weight excluding hydrogens is 356 g/mol. The third kappa shape index (κ3) is 3.31. The number of likely N-dealkylation sites (tertiary alicyclic amines) is 1. The summed E-state index contributed by atoms with van der Waals surface area (Å²) >= 11 is 0. The standard InChI is InChI=1S/C18H26N2O5S/c1-13-7-16-17(25-12-24-16)8-14(13)9-19-5-3-18(21)4-6-20(26(2,22)23)11-15(18)10-19/h7-8,15,21H,3-6,9-12H2,1-2H3/t15-,18-/m1/s1. The molecule has 0 amide bonds. The molecule has 1 aromatic carbocycles. The first-order valence-corrected chi connectivity index (χ1v) is 10.9. The minimum Gasteiger partial charge on any atom is -0.454 e. The Hall–Kier alpha value is -1.35. The van der Waals surface area contributed by atoms with Gasteiger partial charge in [0.1, 0.15) is 0 Å². The Labute approximate surface area is 154 Å². The maximum atomic E-state index is 11.9. The highest BCUT2D eigenvalue weighted by molar-refractivity contribution is 7.88. The normalized spacial score (nSPS) is 29.6. The van der Waals surface area contributed by atoms with Gasteiger partial charge in [-0.2, -0.15) is 0 Å². The van der Waals surface area contributed by atoms with Gasteiger partial charge in [-0.1, -0.05) is 0 Å². The fourth-order valence-corrected chi connectivity index (χ4v) is 5.16. The number of aryl methyl sites for hydroxylation is 1. The van der Waals surface area contributed by atoms with Crippen LogP contribution in [-0.4, -0.2) is 67.6 Å². The van der Waals surface area contributed by atoms with Gasteiger partial charge in [0.15, 0.2) is 11.5 Å². The van der Waals surface area contributed by atoms with E-state index in [-0.39, 0.29) is 12.7 Å². The quantitative estimate of drug-likeness (QED) is 0.838. The van der Waals surface area contributed by atoms with Crippen LogP contribution < -0.4 is 9.47 Å². The Morgan fingerprint density at radius 1 is 1.19 bits per heavy atom. The smallest absolute Gasteiger partial charge is 0.231 e. The second-order valence-corrected chi connectivity index (χ2v) is 9.77. The summed E-state index contributed by atoms with van der Waals surface area (Å²) in [5.41, 5.74) is 1.58. The lowest BCUT2D eigenvalue weighted by molar-refractivity contribution is -0.103. The largest absolute Gasteiger partial charge is 0.454 e. The molecule has 0 saturated carbocycles. The molecule has 0 aliphatic carbocycles. The van der Waals surface area contributed by atoms with Gasteiger partial charge in [-0.15, -0.1) is 0 Å². The number of nitrogens with zero attached hydrogens (tertiary/aromatic N) is 2. The van der Waals surface area contributed by atoms with E-state index < -0.39 is 15.6 Å². The molecule has 0 radical (unpaired) electrons. The molecular formula is C18H26N2O5S. The Balaban J connectivity index is 1.48. The van der Waals surface area contributed by atoms with Gasteiger partial charge in [0.2, 0.25) is 16.8 Å². The monoisotopic (exact) mass is 382 g/mol. The van der Waals surface area contributed by atoms with E-state index in [1.807, 2.05) is 12.1 Å². The molecule has 4 rings (SSSR count). The zero-order chi connectivity index (χ0) is 18.5. The summed E-state index contributed by atoms with van der Waals surface area (Å²) in [5, 5.41) is 11.0. The third-order valence-corrected chi connectivity index (χ3v) is 7.28. The second-order valence-electron chi connectivity index (χ2n) is 7.79. The number of aliphatic hydroxyl groups is 1. The lowest BCUT2D eigenvalue weighted by atomic mass is 9.76. The van der Waals surface area contributed by atoms with Crippen molar-refractivity contribution >= 4 is 10.0 Å². The molecule has 0 bridgehead atoms. The Morgan fingerprint density at radius 3 is 2.62 bits per heavy atom. The average molecular weight is 382 g/mol. The van der Waals surface area contributed by atoms with Gasteiger partial charge in [-0.3, -0.25) is 4.90 Å². The van der Waals surface area contributed by atoms with Crippen molar-refractivity contribution in [1.82, 2.24) is 9.21 Å². The van der Waals surface area contributed by atoms with E-state index >= 15 is 0 Å². The van der Waals surface area contributed by atoms with Crippen LogP contribution in [0, 0.1) is 12.8 Å². The molecule has 1 aromatic rings. The van der Waals surface area contributed by atoms with Crippen molar-refractivity contribution in [1.29, 1.82) is 0 Å². The van der Waals surface area contributed by atoms with Gasteiger partial charge in [0, 0.05) is 38.6 Å². The van der Waals surface area contributed by atoms with Crippen molar-refractivity contribution in [3.8, 4) is 11.5 Å².